The second kappa shape index (κ2) is 5.91. The van der Waals surface area contributed by atoms with E-state index in [0.29, 0.717) is 12.2 Å². The van der Waals surface area contributed by atoms with Crippen LogP contribution in [0.25, 0.3) is 17.2 Å². The van der Waals surface area contributed by atoms with Crippen molar-refractivity contribution in [3.63, 3.8) is 0 Å². The van der Waals surface area contributed by atoms with E-state index in [0.717, 1.165) is 11.0 Å². The van der Waals surface area contributed by atoms with Gasteiger partial charge in [0.1, 0.15) is 12.1 Å². The number of fused-ring (bicyclic) bond motifs is 1. The van der Waals surface area contributed by atoms with Gasteiger partial charge in [0.2, 0.25) is 0 Å². The van der Waals surface area contributed by atoms with E-state index in [1.807, 2.05) is 30.3 Å². The summed E-state index contributed by atoms with van der Waals surface area (Å²) in [6.45, 7) is 2.32. The topological polar surface area (TPSA) is 73.0 Å². The Labute approximate surface area is 104 Å². The van der Waals surface area contributed by atoms with Gasteiger partial charge in [-0.25, -0.2) is 14.5 Å². The van der Waals surface area contributed by atoms with Gasteiger partial charge in [0.15, 0.2) is 0 Å². The van der Waals surface area contributed by atoms with Crippen LogP contribution in [-0.2, 0) is 9.78 Å². The molecular weight excluding hydrogens is 232 g/mol. The van der Waals surface area contributed by atoms with E-state index in [4.69, 9.17) is 15.0 Å². The number of aromatic nitrogens is 3. The molecule has 0 bridgehead atoms. The summed E-state index contributed by atoms with van der Waals surface area (Å²) in [5.41, 5.74) is 2.01. The van der Waals surface area contributed by atoms with Crippen LogP contribution in [0.15, 0.2) is 29.8 Å². The first-order chi connectivity index (χ1) is 8.85. The fraction of sp³-hybridized carbons (Fsp3) is 0.250. The molecule has 0 aliphatic heterocycles. The van der Waals surface area contributed by atoms with Gasteiger partial charge in [0, 0.05) is 6.20 Å². The number of para-hydroxylation sites is 1. The fourth-order valence-electron chi connectivity index (χ4n) is 1.42. The van der Waals surface area contributed by atoms with Crippen molar-refractivity contribution in [3.8, 4) is 6.07 Å². The molecule has 18 heavy (non-hydrogen) atoms. The number of benzene rings is 1. The Balaban J connectivity index is 2.22. The van der Waals surface area contributed by atoms with Crippen LogP contribution in [0.3, 0.4) is 0 Å². The molecule has 0 N–H and O–H groups in total. The lowest BCUT2D eigenvalue weighted by molar-refractivity contribution is -0.283. The lowest BCUT2D eigenvalue weighted by atomic mass is 10.3. The molecule has 1 aromatic heterocycles. The molecule has 0 unspecified atom stereocenters. The molecule has 0 aliphatic carbocycles. The molecule has 92 valence electrons. The summed E-state index contributed by atoms with van der Waals surface area (Å²) in [4.78, 5) is 9.58. The Kier molecular flexibility index (Phi) is 4.02. The van der Waals surface area contributed by atoms with Crippen molar-refractivity contribution < 1.29 is 9.78 Å². The number of nitrogens with zero attached hydrogens (tertiary/aromatic N) is 4. The molecule has 0 atom stereocenters. The van der Waals surface area contributed by atoms with Gasteiger partial charge < -0.3 is 0 Å². The highest BCUT2D eigenvalue weighted by Crippen LogP contribution is 2.11. The number of hydrogen-bond acceptors (Lipinski definition) is 5. The number of rotatable bonds is 5. The van der Waals surface area contributed by atoms with Gasteiger partial charge in [-0.1, -0.05) is 17.3 Å². The molecule has 0 amide bonds. The molecule has 0 radical (unpaired) electrons. The average molecular weight is 244 g/mol. The molecule has 0 fully saturated rings. The molecule has 2 rings (SSSR count). The maximum Gasteiger partial charge on any atom is 0.119 e. The molecule has 0 aliphatic rings. The van der Waals surface area contributed by atoms with Gasteiger partial charge >= 0.3 is 0 Å². The van der Waals surface area contributed by atoms with Crippen molar-refractivity contribution in [2.45, 2.75) is 6.92 Å². The Bertz CT molecular complexity index is 597. The van der Waals surface area contributed by atoms with Gasteiger partial charge in [0.25, 0.3) is 0 Å². The van der Waals surface area contributed by atoms with Crippen molar-refractivity contribution in [1.29, 1.82) is 5.26 Å². The maximum absolute atomic E-state index is 8.98. The summed E-state index contributed by atoms with van der Waals surface area (Å²) in [7, 11) is 0. The van der Waals surface area contributed by atoms with Crippen molar-refractivity contribution in [2.75, 3.05) is 13.2 Å². The highest BCUT2D eigenvalue weighted by molar-refractivity contribution is 5.76. The molecule has 6 nitrogen and oxygen atoms in total. The molecule has 6 heteroatoms. The quantitative estimate of drug-likeness (QED) is 0.347. The Morgan fingerprint density at radius 2 is 2.28 bits per heavy atom. The second-order valence-corrected chi connectivity index (χ2v) is 3.46. The third-order valence-electron chi connectivity index (χ3n) is 2.21. The predicted octanol–water partition coefficient (Wildman–Crippen LogP) is 1.76. The van der Waals surface area contributed by atoms with Crippen LogP contribution in [0.5, 0.6) is 0 Å². The molecule has 0 saturated carbocycles. The minimum absolute atomic E-state index is 0.0819. The predicted molar refractivity (Wildman–Crippen MR) is 65.0 cm³/mol. The van der Waals surface area contributed by atoms with E-state index in [2.05, 4.69) is 10.3 Å². The minimum Gasteiger partial charge on any atom is -0.237 e. The normalized spacial score (nSPS) is 11.7. The second-order valence-electron chi connectivity index (χ2n) is 3.46. The van der Waals surface area contributed by atoms with Crippen LogP contribution in [-0.4, -0.2) is 28.2 Å². The van der Waals surface area contributed by atoms with Gasteiger partial charge in [-0.2, -0.15) is 5.26 Å². The largest absolute Gasteiger partial charge is 0.237 e. The highest BCUT2D eigenvalue weighted by atomic mass is 17.2. The van der Waals surface area contributed by atoms with Crippen LogP contribution in [0, 0.1) is 11.3 Å². The van der Waals surface area contributed by atoms with Crippen LogP contribution in [0.2, 0.25) is 0 Å². The smallest absolute Gasteiger partial charge is 0.119 e. The van der Waals surface area contributed by atoms with Crippen LogP contribution < -0.4 is 0 Å². The van der Waals surface area contributed by atoms with Crippen LogP contribution >= 0.6 is 0 Å². The third-order valence-corrected chi connectivity index (χ3v) is 2.21. The van der Waals surface area contributed by atoms with Crippen LogP contribution in [0.4, 0.5) is 0 Å². The summed E-state index contributed by atoms with van der Waals surface area (Å²) >= 11 is 0. The Morgan fingerprint density at radius 1 is 1.44 bits per heavy atom. The van der Waals surface area contributed by atoms with Gasteiger partial charge in [0.05, 0.1) is 23.8 Å². The highest BCUT2D eigenvalue weighted by Gasteiger charge is 2.03. The summed E-state index contributed by atoms with van der Waals surface area (Å²) in [5.74, 6) is 0. The van der Waals surface area contributed by atoms with Crippen LogP contribution in [0.1, 0.15) is 6.92 Å². The van der Waals surface area contributed by atoms with Gasteiger partial charge in [-0.05, 0) is 19.1 Å². The number of nitriles is 1. The molecule has 0 saturated heterocycles. The lowest BCUT2D eigenvalue weighted by Crippen LogP contribution is -2.00. The maximum atomic E-state index is 8.98. The van der Waals surface area contributed by atoms with E-state index >= 15 is 0 Å². The van der Waals surface area contributed by atoms with E-state index in [9.17, 15) is 0 Å². The molecular formula is C12H12N4O2. The summed E-state index contributed by atoms with van der Waals surface area (Å²) in [6, 6.07) is 9.54. The lowest BCUT2D eigenvalue weighted by Gasteiger charge is -2.00. The zero-order valence-corrected chi connectivity index (χ0v) is 9.91. The van der Waals surface area contributed by atoms with Crippen molar-refractivity contribution >= 4 is 17.2 Å². The molecule has 2 aromatic rings. The Hall–Kier alpha value is -2.23. The first-order valence-electron chi connectivity index (χ1n) is 5.50. The number of hydrogen-bond donors (Lipinski definition) is 0. The summed E-state index contributed by atoms with van der Waals surface area (Å²) in [5, 5.41) is 16.9. The van der Waals surface area contributed by atoms with E-state index < -0.39 is 0 Å². The standard InChI is InChI=1S/C12H12N4O2/c1-2-17-18-9-10(7-13)8-16-12-6-4-3-5-11(12)14-15-16/h3-6,8H,2,9H2,1H3/b10-8-. The van der Waals surface area contributed by atoms with Crippen molar-refractivity contribution in [2.24, 2.45) is 0 Å². The molecule has 1 heterocycles. The SMILES string of the molecule is CCOOC/C(C#N)=C\n1nnc2ccccc21. The fourth-order valence-corrected chi connectivity index (χ4v) is 1.42. The van der Waals surface area contributed by atoms with Crippen molar-refractivity contribution in [3.05, 3.63) is 29.8 Å². The zero-order valence-electron chi connectivity index (χ0n) is 9.91. The summed E-state index contributed by atoms with van der Waals surface area (Å²) in [6.07, 6.45) is 1.58. The van der Waals surface area contributed by atoms with E-state index in [-0.39, 0.29) is 6.61 Å². The minimum atomic E-state index is 0.0819. The molecule has 1 aromatic carbocycles. The van der Waals surface area contributed by atoms with Gasteiger partial charge in [-0.3, -0.25) is 0 Å². The summed E-state index contributed by atoms with van der Waals surface area (Å²) < 4.78 is 1.54. The Morgan fingerprint density at radius 3 is 3.06 bits per heavy atom. The molecule has 0 spiro atoms. The first kappa shape index (κ1) is 12.2. The van der Waals surface area contributed by atoms with E-state index in [1.165, 1.54) is 0 Å². The first-order valence-corrected chi connectivity index (χ1v) is 5.50. The van der Waals surface area contributed by atoms with Crippen molar-refractivity contribution in [1.82, 2.24) is 15.0 Å². The zero-order chi connectivity index (χ0) is 12.8. The average Bonchev–Trinajstić information content (AvgIpc) is 2.81. The third kappa shape index (κ3) is 2.71. The van der Waals surface area contributed by atoms with E-state index in [1.54, 1.807) is 17.8 Å². The van der Waals surface area contributed by atoms with Gasteiger partial charge in [-0.15, -0.1) is 5.10 Å². The monoisotopic (exact) mass is 244 g/mol.